The van der Waals surface area contributed by atoms with Gasteiger partial charge in [0.25, 0.3) is 0 Å². The maximum absolute atomic E-state index is 11.4. The topological polar surface area (TPSA) is 79.6 Å². The zero-order valence-corrected chi connectivity index (χ0v) is 16.9. The highest BCUT2D eigenvalue weighted by atomic mass is 32.2. The van der Waals surface area contributed by atoms with Crippen molar-refractivity contribution in [2.75, 3.05) is 26.4 Å². The second-order valence-electron chi connectivity index (χ2n) is 7.17. The number of likely N-dealkylation sites (tertiary alicyclic amines) is 1. The van der Waals surface area contributed by atoms with Gasteiger partial charge in [0, 0.05) is 52.1 Å². The maximum atomic E-state index is 11.4. The van der Waals surface area contributed by atoms with E-state index in [9.17, 15) is 8.42 Å². The summed E-state index contributed by atoms with van der Waals surface area (Å²) in [7, 11) is 0.738. The Morgan fingerprint density at radius 1 is 1.30 bits per heavy atom. The Morgan fingerprint density at radius 2 is 2.00 bits per heavy atom. The van der Waals surface area contributed by atoms with Crippen molar-refractivity contribution in [3.05, 3.63) is 53.3 Å². The van der Waals surface area contributed by atoms with E-state index in [1.165, 1.54) is 11.8 Å². The van der Waals surface area contributed by atoms with Gasteiger partial charge in [0.15, 0.2) is 15.8 Å². The summed E-state index contributed by atoms with van der Waals surface area (Å²) in [5.74, 6) is 1.44. The monoisotopic (exact) mass is 389 g/mol. The SMILES string of the molecule is CN=C(NCc1ccc(CS(C)(=O)=O)cc1)N1CCC(c2cnn(C)c2)C1. The number of hydrogen-bond acceptors (Lipinski definition) is 4. The van der Waals surface area contributed by atoms with Crippen molar-refractivity contribution < 1.29 is 8.42 Å². The predicted molar refractivity (Wildman–Crippen MR) is 107 cm³/mol. The van der Waals surface area contributed by atoms with E-state index in [0.717, 1.165) is 36.6 Å². The molecule has 0 bridgehead atoms. The average Bonchev–Trinajstić information content (AvgIpc) is 3.25. The lowest BCUT2D eigenvalue weighted by atomic mass is 10.0. The standard InChI is InChI=1S/C19H27N5O2S/c1-20-19(24-9-8-17(13-24)18-11-22-23(2)12-18)21-10-15-4-6-16(7-5-15)14-27(3,25)26/h4-7,11-12,17H,8-10,13-14H2,1-3H3,(H,20,21). The van der Waals surface area contributed by atoms with Crippen LogP contribution in [0.25, 0.3) is 0 Å². The van der Waals surface area contributed by atoms with Gasteiger partial charge in [0.2, 0.25) is 0 Å². The molecule has 7 nitrogen and oxygen atoms in total. The third-order valence-electron chi connectivity index (χ3n) is 4.80. The summed E-state index contributed by atoms with van der Waals surface area (Å²) < 4.78 is 24.6. The molecule has 1 aromatic heterocycles. The maximum Gasteiger partial charge on any atom is 0.193 e. The van der Waals surface area contributed by atoms with E-state index >= 15 is 0 Å². The molecule has 1 aliphatic rings. The van der Waals surface area contributed by atoms with Crippen molar-refractivity contribution in [1.82, 2.24) is 20.0 Å². The van der Waals surface area contributed by atoms with Crippen LogP contribution in [0.3, 0.4) is 0 Å². The van der Waals surface area contributed by atoms with E-state index in [0.29, 0.717) is 12.5 Å². The third-order valence-corrected chi connectivity index (χ3v) is 5.66. The van der Waals surface area contributed by atoms with Crippen molar-refractivity contribution in [3.63, 3.8) is 0 Å². The summed E-state index contributed by atoms with van der Waals surface area (Å²) in [5.41, 5.74) is 3.18. The minimum atomic E-state index is -3.00. The number of aliphatic imine (C=N–C) groups is 1. The molecule has 0 saturated carbocycles. The van der Waals surface area contributed by atoms with E-state index in [2.05, 4.69) is 26.5 Å². The second-order valence-corrected chi connectivity index (χ2v) is 9.31. The van der Waals surface area contributed by atoms with Crippen LogP contribution in [0.15, 0.2) is 41.7 Å². The molecule has 8 heteroatoms. The van der Waals surface area contributed by atoms with Crippen LogP contribution in [0, 0.1) is 0 Å². The van der Waals surface area contributed by atoms with E-state index in [1.807, 2.05) is 42.2 Å². The number of hydrogen-bond donors (Lipinski definition) is 1. The molecule has 1 fully saturated rings. The number of nitrogens with zero attached hydrogens (tertiary/aromatic N) is 4. The Morgan fingerprint density at radius 3 is 2.59 bits per heavy atom. The van der Waals surface area contributed by atoms with Crippen molar-refractivity contribution in [1.29, 1.82) is 0 Å². The quantitative estimate of drug-likeness (QED) is 0.620. The molecule has 0 spiro atoms. The Bertz CT molecular complexity index is 902. The van der Waals surface area contributed by atoms with Gasteiger partial charge in [-0.15, -0.1) is 0 Å². The summed E-state index contributed by atoms with van der Waals surface area (Å²) in [5, 5.41) is 7.68. The van der Waals surface area contributed by atoms with Crippen molar-refractivity contribution in [2.24, 2.45) is 12.0 Å². The summed E-state index contributed by atoms with van der Waals surface area (Å²) >= 11 is 0. The van der Waals surface area contributed by atoms with Gasteiger partial charge in [-0.25, -0.2) is 8.42 Å². The zero-order valence-electron chi connectivity index (χ0n) is 16.1. The molecule has 1 N–H and O–H groups in total. The molecule has 0 amide bonds. The zero-order chi connectivity index (χ0) is 19.4. The molecule has 1 saturated heterocycles. The molecule has 0 aliphatic carbocycles. The summed E-state index contributed by atoms with van der Waals surface area (Å²) in [6.45, 7) is 2.55. The summed E-state index contributed by atoms with van der Waals surface area (Å²) in [4.78, 5) is 6.69. The molecule has 1 aromatic carbocycles. The van der Waals surface area contributed by atoms with Gasteiger partial charge < -0.3 is 10.2 Å². The van der Waals surface area contributed by atoms with Gasteiger partial charge >= 0.3 is 0 Å². The van der Waals surface area contributed by atoms with Gasteiger partial charge in [0.1, 0.15) is 0 Å². The summed E-state index contributed by atoms with van der Waals surface area (Å²) in [6, 6.07) is 7.66. The fraction of sp³-hybridized carbons (Fsp3) is 0.474. The van der Waals surface area contributed by atoms with Crippen LogP contribution in [-0.4, -0.2) is 55.5 Å². The highest BCUT2D eigenvalue weighted by Gasteiger charge is 2.26. The van der Waals surface area contributed by atoms with Gasteiger partial charge in [0.05, 0.1) is 11.9 Å². The predicted octanol–water partition coefficient (Wildman–Crippen LogP) is 1.53. The molecule has 1 unspecified atom stereocenters. The van der Waals surface area contributed by atoms with Crippen molar-refractivity contribution in [2.45, 2.75) is 24.6 Å². The van der Waals surface area contributed by atoms with E-state index in [-0.39, 0.29) is 5.75 Å². The van der Waals surface area contributed by atoms with Gasteiger partial charge in [-0.2, -0.15) is 5.10 Å². The molecular formula is C19H27N5O2S. The number of aryl methyl sites for hydroxylation is 1. The first-order valence-electron chi connectivity index (χ1n) is 9.04. The molecule has 146 valence electrons. The Balaban J connectivity index is 1.55. The Labute approximate surface area is 161 Å². The molecule has 0 radical (unpaired) electrons. The molecule has 2 aromatic rings. The third kappa shape index (κ3) is 5.32. The first-order valence-corrected chi connectivity index (χ1v) is 11.1. The highest BCUT2D eigenvalue weighted by molar-refractivity contribution is 7.89. The van der Waals surface area contributed by atoms with Gasteiger partial charge in [-0.3, -0.25) is 9.67 Å². The summed E-state index contributed by atoms with van der Waals surface area (Å²) in [6.07, 6.45) is 6.37. The lowest BCUT2D eigenvalue weighted by Gasteiger charge is -2.21. The molecule has 3 rings (SSSR count). The molecule has 1 aliphatic heterocycles. The normalized spacial score (nSPS) is 18.1. The van der Waals surface area contributed by atoms with Gasteiger partial charge in [-0.05, 0) is 23.1 Å². The lowest BCUT2D eigenvalue weighted by Crippen LogP contribution is -2.39. The van der Waals surface area contributed by atoms with Crippen LogP contribution in [0.1, 0.15) is 29.0 Å². The van der Waals surface area contributed by atoms with Crippen LogP contribution in [0.2, 0.25) is 0 Å². The van der Waals surface area contributed by atoms with Crippen molar-refractivity contribution >= 4 is 15.8 Å². The smallest absolute Gasteiger partial charge is 0.193 e. The van der Waals surface area contributed by atoms with Crippen LogP contribution < -0.4 is 5.32 Å². The highest BCUT2D eigenvalue weighted by Crippen LogP contribution is 2.26. The number of aromatic nitrogens is 2. The number of guanidine groups is 1. The number of benzene rings is 1. The minimum Gasteiger partial charge on any atom is -0.352 e. The van der Waals surface area contributed by atoms with Gasteiger partial charge in [-0.1, -0.05) is 24.3 Å². The van der Waals surface area contributed by atoms with Crippen LogP contribution >= 0.6 is 0 Å². The average molecular weight is 390 g/mol. The Kier molecular flexibility index (Phi) is 5.84. The number of rotatable bonds is 5. The lowest BCUT2D eigenvalue weighted by molar-refractivity contribution is 0.486. The van der Waals surface area contributed by atoms with Crippen molar-refractivity contribution in [3.8, 4) is 0 Å². The molecular weight excluding hydrogens is 362 g/mol. The first kappa shape index (κ1) is 19.4. The molecule has 2 heterocycles. The first-order chi connectivity index (χ1) is 12.8. The number of nitrogens with one attached hydrogen (secondary N) is 1. The fourth-order valence-electron chi connectivity index (χ4n) is 3.45. The van der Waals surface area contributed by atoms with Crippen LogP contribution in [0.5, 0.6) is 0 Å². The minimum absolute atomic E-state index is 0.0753. The van der Waals surface area contributed by atoms with Crippen LogP contribution in [0.4, 0.5) is 0 Å². The Hall–Kier alpha value is -2.35. The molecule has 27 heavy (non-hydrogen) atoms. The number of sulfone groups is 1. The second kappa shape index (κ2) is 8.12. The van der Waals surface area contributed by atoms with Crippen LogP contribution in [-0.2, 0) is 29.2 Å². The molecule has 1 atom stereocenters. The van der Waals surface area contributed by atoms with E-state index in [1.54, 1.807) is 7.05 Å². The van der Waals surface area contributed by atoms with E-state index < -0.39 is 9.84 Å². The largest absolute Gasteiger partial charge is 0.352 e. The van der Waals surface area contributed by atoms with E-state index in [4.69, 9.17) is 0 Å². The fourth-order valence-corrected chi connectivity index (χ4v) is 4.24.